The second-order valence-electron chi connectivity index (χ2n) is 10.2. The lowest BCUT2D eigenvalue weighted by atomic mass is 9.94. The SMILES string of the molecule is COc1ccc(C2=COc3ccc(O[C@H]4O[C@@H](CO[C@@H]5O[C@H](C)[C@@H](O)[C@@H](O)[C@@H]5O)[C@H](O)[C@@H](O)[C@@H]4O)cc3[C@@H]2O)cc1. The van der Waals surface area contributed by atoms with E-state index in [0.29, 0.717) is 28.2 Å². The van der Waals surface area contributed by atoms with E-state index in [1.54, 1.807) is 37.4 Å². The minimum absolute atomic E-state index is 0.173. The van der Waals surface area contributed by atoms with Crippen LogP contribution in [-0.4, -0.2) is 111 Å². The van der Waals surface area contributed by atoms with Crippen LogP contribution in [0.5, 0.6) is 17.2 Å². The van der Waals surface area contributed by atoms with Crippen molar-refractivity contribution in [2.45, 2.75) is 74.4 Å². The van der Waals surface area contributed by atoms with E-state index in [2.05, 4.69) is 0 Å². The predicted octanol–water partition coefficient (Wildman–Crippen LogP) is -0.807. The molecule has 2 aromatic carbocycles. The lowest BCUT2D eigenvalue weighted by molar-refractivity contribution is -0.318. The summed E-state index contributed by atoms with van der Waals surface area (Å²) in [7, 11) is 1.56. The molecule has 224 valence electrons. The molecule has 11 atom stereocenters. The van der Waals surface area contributed by atoms with Crippen molar-refractivity contribution in [3.8, 4) is 17.2 Å². The average Bonchev–Trinajstić information content (AvgIpc) is 2.98. The van der Waals surface area contributed by atoms with Crippen molar-refractivity contribution in [1.29, 1.82) is 0 Å². The molecule has 2 fully saturated rings. The zero-order chi connectivity index (χ0) is 29.4. The maximum absolute atomic E-state index is 11.1. The normalized spacial score (nSPS) is 37.0. The van der Waals surface area contributed by atoms with Gasteiger partial charge in [-0.15, -0.1) is 0 Å². The molecule has 0 aromatic heterocycles. The highest BCUT2D eigenvalue weighted by atomic mass is 16.7. The topological polar surface area (TPSA) is 197 Å². The number of hydrogen-bond donors (Lipinski definition) is 7. The Hall–Kier alpha value is -2.82. The summed E-state index contributed by atoms with van der Waals surface area (Å²) in [4.78, 5) is 0. The Morgan fingerprint density at radius 2 is 1.39 bits per heavy atom. The van der Waals surface area contributed by atoms with Gasteiger partial charge in [0, 0.05) is 11.1 Å². The summed E-state index contributed by atoms with van der Waals surface area (Å²) in [5, 5.41) is 72.6. The molecule has 3 aliphatic heterocycles. The van der Waals surface area contributed by atoms with Crippen LogP contribution in [0.4, 0.5) is 0 Å². The number of benzene rings is 2. The van der Waals surface area contributed by atoms with Gasteiger partial charge in [0.1, 0.15) is 66.1 Å². The second-order valence-corrected chi connectivity index (χ2v) is 10.2. The molecule has 0 radical (unpaired) electrons. The Bertz CT molecular complexity index is 1220. The molecule has 0 amide bonds. The van der Waals surface area contributed by atoms with Crippen LogP contribution in [-0.2, 0) is 14.2 Å². The van der Waals surface area contributed by atoms with E-state index in [1.165, 1.54) is 25.3 Å². The van der Waals surface area contributed by atoms with Crippen molar-refractivity contribution in [3.63, 3.8) is 0 Å². The number of fused-ring (bicyclic) bond motifs is 1. The molecular weight excluding hydrogens is 544 g/mol. The van der Waals surface area contributed by atoms with Gasteiger partial charge < -0.3 is 64.2 Å². The van der Waals surface area contributed by atoms with Crippen molar-refractivity contribution < 1.29 is 64.2 Å². The van der Waals surface area contributed by atoms with E-state index in [1.807, 2.05) is 0 Å². The standard InChI is InChI=1S/C28H34O13/c1-12-20(29)23(32)25(34)27(39-12)38-11-19-22(31)24(33)26(35)28(41-19)40-15-7-8-18-16(9-15)21(30)17(10-37-18)13-3-5-14(36-2)6-4-13/h3-10,12,19-35H,11H2,1-2H3/t12-,19+,20-,21+,22+,23-,24-,25+,26+,27-,28+/m1/s1. The zero-order valence-corrected chi connectivity index (χ0v) is 22.3. The van der Waals surface area contributed by atoms with E-state index in [9.17, 15) is 35.7 Å². The molecule has 41 heavy (non-hydrogen) atoms. The van der Waals surface area contributed by atoms with Gasteiger partial charge in [-0.05, 0) is 42.8 Å². The quantitative estimate of drug-likeness (QED) is 0.216. The van der Waals surface area contributed by atoms with E-state index >= 15 is 0 Å². The summed E-state index contributed by atoms with van der Waals surface area (Å²) in [6.45, 7) is 1.07. The monoisotopic (exact) mass is 578 g/mol. The van der Waals surface area contributed by atoms with E-state index in [0.717, 1.165) is 0 Å². The third-order valence-corrected chi connectivity index (χ3v) is 7.46. The maximum atomic E-state index is 11.1. The van der Waals surface area contributed by atoms with Crippen LogP contribution >= 0.6 is 0 Å². The fourth-order valence-corrected chi connectivity index (χ4v) is 4.92. The first-order valence-electron chi connectivity index (χ1n) is 13.1. The maximum Gasteiger partial charge on any atom is 0.229 e. The molecule has 0 aliphatic carbocycles. The van der Waals surface area contributed by atoms with Gasteiger partial charge in [0.2, 0.25) is 6.29 Å². The largest absolute Gasteiger partial charge is 0.497 e. The molecule has 3 heterocycles. The van der Waals surface area contributed by atoms with Gasteiger partial charge in [-0.25, -0.2) is 0 Å². The Balaban J connectivity index is 1.27. The Kier molecular flexibility index (Phi) is 8.82. The van der Waals surface area contributed by atoms with Crippen LogP contribution in [0.25, 0.3) is 5.57 Å². The minimum atomic E-state index is -1.68. The van der Waals surface area contributed by atoms with Gasteiger partial charge in [0.05, 0.1) is 26.1 Å². The van der Waals surface area contributed by atoms with Gasteiger partial charge in [0.25, 0.3) is 0 Å². The van der Waals surface area contributed by atoms with E-state index in [4.69, 9.17) is 28.4 Å². The Morgan fingerprint density at radius 3 is 2.10 bits per heavy atom. The molecule has 2 saturated heterocycles. The third-order valence-electron chi connectivity index (χ3n) is 7.46. The zero-order valence-electron chi connectivity index (χ0n) is 22.3. The second kappa shape index (κ2) is 12.2. The van der Waals surface area contributed by atoms with Crippen molar-refractivity contribution in [3.05, 3.63) is 59.9 Å². The summed E-state index contributed by atoms with van der Waals surface area (Å²) >= 11 is 0. The van der Waals surface area contributed by atoms with Crippen LogP contribution in [0, 0.1) is 0 Å². The molecule has 13 nitrogen and oxygen atoms in total. The van der Waals surface area contributed by atoms with E-state index in [-0.39, 0.29) is 5.75 Å². The Labute approximate surface area is 235 Å². The van der Waals surface area contributed by atoms with Gasteiger partial charge in [-0.3, -0.25) is 0 Å². The summed E-state index contributed by atoms with van der Waals surface area (Å²) < 4.78 is 33.3. The van der Waals surface area contributed by atoms with Crippen LogP contribution < -0.4 is 14.2 Å². The van der Waals surface area contributed by atoms with Crippen LogP contribution in [0.15, 0.2) is 48.7 Å². The van der Waals surface area contributed by atoms with Gasteiger partial charge in [-0.2, -0.15) is 0 Å². The summed E-state index contributed by atoms with van der Waals surface area (Å²) in [6, 6.07) is 11.7. The van der Waals surface area contributed by atoms with Gasteiger partial charge in [-0.1, -0.05) is 12.1 Å². The fraction of sp³-hybridized carbons (Fsp3) is 0.500. The number of hydrogen-bond acceptors (Lipinski definition) is 13. The molecule has 7 N–H and O–H groups in total. The number of methoxy groups -OCH3 is 1. The minimum Gasteiger partial charge on any atom is -0.497 e. The molecule has 2 aromatic rings. The van der Waals surface area contributed by atoms with Crippen LogP contribution in [0.3, 0.4) is 0 Å². The number of rotatable bonds is 7. The first-order chi connectivity index (χ1) is 19.6. The third kappa shape index (κ3) is 5.92. The van der Waals surface area contributed by atoms with Gasteiger partial charge in [0.15, 0.2) is 6.29 Å². The van der Waals surface area contributed by atoms with Crippen molar-refractivity contribution >= 4 is 5.57 Å². The van der Waals surface area contributed by atoms with Crippen LogP contribution in [0.1, 0.15) is 24.2 Å². The number of aliphatic hydroxyl groups excluding tert-OH is 7. The highest BCUT2D eigenvalue weighted by Gasteiger charge is 2.47. The molecule has 13 heteroatoms. The lowest BCUT2D eigenvalue weighted by Crippen LogP contribution is -2.61. The first-order valence-corrected chi connectivity index (χ1v) is 13.1. The molecular formula is C28H34O13. The predicted molar refractivity (Wildman–Crippen MR) is 139 cm³/mol. The van der Waals surface area contributed by atoms with Gasteiger partial charge >= 0.3 is 0 Å². The molecule has 0 saturated carbocycles. The fourth-order valence-electron chi connectivity index (χ4n) is 4.92. The molecule has 0 spiro atoms. The highest BCUT2D eigenvalue weighted by molar-refractivity contribution is 5.73. The summed E-state index contributed by atoms with van der Waals surface area (Å²) in [5.74, 6) is 1.22. The summed E-state index contributed by atoms with van der Waals surface area (Å²) in [5.41, 5.74) is 1.60. The summed E-state index contributed by atoms with van der Waals surface area (Å²) in [6.07, 6.45) is -13.8. The average molecular weight is 579 g/mol. The molecule has 0 bridgehead atoms. The molecule has 3 aliphatic rings. The smallest absolute Gasteiger partial charge is 0.229 e. The molecule has 0 unspecified atom stereocenters. The first kappa shape index (κ1) is 29.7. The number of ether oxygens (including phenoxy) is 6. The Morgan fingerprint density at radius 1 is 0.732 bits per heavy atom. The number of aliphatic hydroxyl groups is 7. The van der Waals surface area contributed by atoms with Crippen molar-refractivity contribution in [1.82, 2.24) is 0 Å². The molecule has 5 rings (SSSR count). The highest BCUT2D eigenvalue weighted by Crippen LogP contribution is 2.41. The van der Waals surface area contributed by atoms with Crippen LogP contribution in [0.2, 0.25) is 0 Å². The lowest BCUT2D eigenvalue weighted by Gasteiger charge is -2.42. The van der Waals surface area contributed by atoms with E-state index < -0.39 is 74.1 Å². The van der Waals surface area contributed by atoms with Crippen molar-refractivity contribution in [2.24, 2.45) is 0 Å². The van der Waals surface area contributed by atoms with Crippen molar-refractivity contribution in [2.75, 3.05) is 13.7 Å².